The molecule has 1 amide bonds. The minimum absolute atomic E-state index is 0.0111. The van der Waals surface area contributed by atoms with Crippen LogP contribution in [-0.4, -0.2) is 69.9 Å². The summed E-state index contributed by atoms with van der Waals surface area (Å²) >= 11 is 6.00. The first-order chi connectivity index (χ1) is 14.4. The van der Waals surface area contributed by atoms with Crippen LogP contribution in [0.25, 0.3) is 0 Å². The summed E-state index contributed by atoms with van der Waals surface area (Å²) in [5.41, 5.74) is 2.93. The quantitative estimate of drug-likeness (QED) is 0.512. The van der Waals surface area contributed by atoms with E-state index < -0.39 is 64.4 Å². The SMILES string of the molecule is CN(C)C1C(=O)C(C(N)=O)C(=O)C2(O)C(=O)C3C(=O)c4c(O)cc(Cl)cc4CC3CC12. The van der Waals surface area contributed by atoms with Crippen molar-refractivity contribution in [1.82, 2.24) is 4.90 Å². The molecular weight excluding hydrogens is 428 g/mol. The van der Waals surface area contributed by atoms with Crippen molar-refractivity contribution in [2.45, 2.75) is 24.5 Å². The number of likely N-dealkylation sites (N-methyl/N-ethyl adjacent to an activating group) is 1. The fraction of sp³-hybridized carbons (Fsp3) is 0.476. The monoisotopic (exact) mass is 448 g/mol. The molecular formula is C21H21ClN2O7. The zero-order chi connectivity index (χ0) is 23.0. The van der Waals surface area contributed by atoms with Crippen LogP contribution in [-0.2, 0) is 25.6 Å². The number of amides is 1. The number of hydrogen-bond acceptors (Lipinski definition) is 8. The molecule has 0 aromatic heterocycles. The lowest BCUT2D eigenvalue weighted by Gasteiger charge is -2.52. The third kappa shape index (κ3) is 2.80. The van der Waals surface area contributed by atoms with Crippen molar-refractivity contribution in [2.24, 2.45) is 29.4 Å². The van der Waals surface area contributed by atoms with E-state index in [-0.39, 0.29) is 29.2 Å². The standard InChI is InChI=1S/C21H21ClN2O7/c1-24(2)15-10-5-8-3-7-4-9(22)6-11(25)12(7)16(26)13(8)18(28)21(10,31)19(29)14(17(15)27)20(23)30/h4,6,8,10,13-15,25,31H,3,5H2,1-2H3,(H2,23,30). The van der Waals surface area contributed by atoms with Gasteiger partial charge in [-0.1, -0.05) is 11.6 Å². The van der Waals surface area contributed by atoms with E-state index in [4.69, 9.17) is 17.3 Å². The van der Waals surface area contributed by atoms with Crippen LogP contribution >= 0.6 is 11.6 Å². The molecule has 2 fully saturated rings. The number of carbonyl (C=O) groups is 5. The number of nitrogens with two attached hydrogens (primary N) is 1. The molecule has 0 spiro atoms. The number of hydrogen-bond donors (Lipinski definition) is 3. The fourth-order valence-corrected chi connectivity index (χ4v) is 5.83. The van der Waals surface area contributed by atoms with Crippen molar-refractivity contribution in [2.75, 3.05) is 14.1 Å². The Balaban J connectivity index is 1.87. The molecule has 10 heteroatoms. The fourth-order valence-electron chi connectivity index (χ4n) is 5.60. The first-order valence-corrected chi connectivity index (χ1v) is 10.1. The number of phenols is 1. The van der Waals surface area contributed by atoms with Crippen molar-refractivity contribution in [3.63, 3.8) is 0 Å². The van der Waals surface area contributed by atoms with E-state index in [1.807, 2.05) is 0 Å². The van der Waals surface area contributed by atoms with Gasteiger partial charge in [-0.15, -0.1) is 0 Å². The molecule has 6 unspecified atom stereocenters. The van der Waals surface area contributed by atoms with Gasteiger partial charge in [0.1, 0.15) is 5.75 Å². The maximum Gasteiger partial charge on any atom is 0.235 e. The van der Waals surface area contributed by atoms with Crippen molar-refractivity contribution < 1.29 is 34.2 Å². The number of halogens is 1. The van der Waals surface area contributed by atoms with Gasteiger partial charge in [-0.05, 0) is 50.6 Å². The maximum absolute atomic E-state index is 13.5. The van der Waals surface area contributed by atoms with E-state index in [0.29, 0.717) is 5.56 Å². The zero-order valence-electron chi connectivity index (χ0n) is 16.8. The van der Waals surface area contributed by atoms with Crippen LogP contribution in [0.2, 0.25) is 5.02 Å². The van der Waals surface area contributed by atoms with E-state index in [0.717, 1.165) is 0 Å². The Hall–Kier alpha value is -2.62. The van der Waals surface area contributed by atoms with Gasteiger partial charge in [0.05, 0.1) is 17.5 Å². The van der Waals surface area contributed by atoms with E-state index in [1.165, 1.54) is 31.1 Å². The zero-order valence-corrected chi connectivity index (χ0v) is 17.5. The summed E-state index contributed by atoms with van der Waals surface area (Å²) in [6.45, 7) is 0. The molecule has 6 atom stereocenters. The Kier molecular flexibility index (Phi) is 4.84. The van der Waals surface area contributed by atoms with Gasteiger partial charge in [-0.3, -0.25) is 28.9 Å². The number of ketones is 4. The van der Waals surface area contributed by atoms with E-state index in [2.05, 4.69) is 0 Å². The average Bonchev–Trinajstić information content (AvgIpc) is 2.63. The van der Waals surface area contributed by atoms with Gasteiger partial charge in [-0.25, -0.2) is 0 Å². The molecule has 3 aliphatic rings. The number of nitrogens with zero attached hydrogens (tertiary/aromatic N) is 1. The number of phenolic OH excluding ortho intramolecular Hbond substituents is 1. The first-order valence-electron chi connectivity index (χ1n) is 9.77. The Morgan fingerprint density at radius 3 is 2.42 bits per heavy atom. The predicted molar refractivity (Wildman–Crippen MR) is 106 cm³/mol. The van der Waals surface area contributed by atoms with Crippen LogP contribution in [0.15, 0.2) is 12.1 Å². The lowest BCUT2D eigenvalue weighted by Crippen LogP contribution is -2.74. The number of primary amides is 1. The van der Waals surface area contributed by atoms with Crippen LogP contribution < -0.4 is 5.73 Å². The molecule has 31 heavy (non-hydrogen) atoms. The molecule has 3 aliphatic carbocycles. The second-order valence-electron chi connectivity index (χ2n) is 8.75. The molecule has 164 valence electrons. The predicted octanol–water partition coefficient (Wildman–Crippen LogP) is -0.480. The second kappa shape index (κ2) is 6.94. The minimum Gasteiger partial charge on any atom is -0.507 e. The van der Waals surface area contributed by atoms with E-state index in [9.17, 15) is 34.2 Å². The Labute approximate surface area is 182 Å². The summed E-state index contributed by atoms with van der Waals surface area (Å²) in [5, 5.41) is 21.8. The van der Waals surface area contributed by atoms with Gasteiger partial charge in [0, 0.05) is 10.9 Å². The van der Waals surface area contributed by atoms with Crippen LogP contribution in [0.5, 0.6) is 5.75 Å². The average molecular weight is 449 g/mol. The molecule has 0 heterocycles. The van der Waals surface area contributed by atoms with Gasteiger partial charge in [-0.2, -0.15) is 0 Å². The second-order valence-corrected chi connectivity index (χ2v) is 9.18. The topological polar surface area (TPSA) is 155 Å². The smallest absolute Gasteiger partial charge is 0.235 e. The first kappa shape index (κ1) is 21.6. The highest BCUT2D eigenvalue weighted by Crippen LogP contribution is 2.50. The van der Waals surface area contributed by atoms with Gasteiger partial charge in [0.2, 0.25) is 5.91 Å². The number of aliphatic hydroxyl groups is 1. The Morgan fingerprint density at radius 2 is 1.84 bits per heavy atom. The number of aromatic hydroxyl groups is 1. The number of Topliss-reactive ketones (excluding diaryl/α,β-unsaturated/α-hetero) is 4. The van der Waals surface area contributed by atoms with Gasteiger partial charge in [0.15, 0.2) is 34.7 Å². The van der Waals surface area contributed by atoms with Crippen molar-refractivity contribution in [1.29, 1.82) is 0 Å². The Morgan fingerprint density at radius 1 is 1.19 bits per heavy atom. The third-order valence-electron chi connectivity index (χ3n) is 6.83. The normalized spacial score (nSPS) is 34.9. The van der Waals surface area contributed by atoms with Crippen molar-refractivity contribution in [3.8, 4) is 5.75 Å². The van der Waals surface area contributed by atoms with E-state index in [1.54, 1.807) is 0 Å². The molecule has 4 N–H and O–H groups in total. The van der Waals surface area contributed by atoms with Crippen molar-refractivity contribution >= 4 is 40.6 Å². The molecule has 0 aliphatic heterocycles. The molecule has 0 bridgehead atoms. The summed E-state index contributed by atoms with van der Waals surface area (Å²) in [6.07, 6.45) is 0.205. The maximum atomic E-state index is 13.5. The van der Waals surface area contributed by atoms with Crippen LogP contribution in [0, 0.1) is 23.7 Å². The molecule has 0 radical (unpaired) electrons. The van der Waals surface area contributed by atoms with Gasteiger partial charge in [0.25, 0.3) is 0 Å². The lowest BCUT2D eigenvalue weighted by atomic mass is 9.52. The molecule has 4 rings (SSSR count). The molecule has 1 aromatic carbocycles. The largest absolute Gasteiger partial charge is 0.507 e. The molecule has 9 nitrogen and oxygen atoms in total. The molecule has 1 aromatic rings. The highest BCUT2D eigenvalue weighted by atomic mass is 35.5. The van der Waals surface area contributed by atoms with Crippen LogP contribution in [0.4, 0.5) is 0 Å². The van der Waals surface area contributed by atoms with Crippen molar-refractivity contribution in [3.05, 3.63) is 28.3 Å². The summed E-state index contributed by atoms with van der Waals surface area (Å²) in [7, 11) is 3.07. The van der Waals surface area contributed by atoms with Crippen LogP contribution in [0.1, 0.15) is 22.3 Å². The summed E-state index contributed by atoms with van der Waals surface area (Å²) in [5.74, 6) is -10.6. The number of carbonyl (C=O) groups excluding carboxylic acids is 5. The molecule has 2 saturated carbocycles. The Bertz CT molecular complexity index is 1070. The van der Waals surface area contributed by atoms with Gasteiger partial charge >= 0.3 is 0 Å². The summed E-state index contributed by atoms with van der Waals surface area (Å²) < 4.78 is 0. The summed E-state index contributed by atoms with van der Waals surface area (Å²) in [6, 6.07) is 1.59. The molecule has 0 saturated heterocycles. The minimum atomic E-state index is -2.71. The van der Waals surface area contributed by atoms with E-state index >= 15 is 0 Å². The van der Waals surface area contributed by atoms with Crippen LogP contribution in [0.3, 0.4) is 0 Å². The number of rotatable bonds is 2. The lowest BCUT2D eigenvalue weighted by molar-refractivity contribution is -0.181. The third-order valence-corrected chi connectivity index (χ3v) is 7.05. The number of benzene rings is 1. The summed E-state index contributed by atoms with van der Waals surface area (Å²) in [4.78, 5) is 66.0. The number of fused-ring (bicyclic) bond motifs is 3. The highest BCUT2D eigenvalue weighted by Gasteiger charge is 2.69. The van der Waals surface area contributed by atoms with Gasteiger partial charge < -0.3 is 15.9 Å². The highest BCUT2D eigenvalue weighted by molar-refractivity contribution is 6.33.